The number of halogens is 2. The Morgan fingerprint density at radius 1 is 0.946 bits per heavy atom. The van der Waals surface area contributed by atoms with Gasteiger partial charge in [0.05, 0.1) is 0 Å². The molecule has 0 radical (unpaired) electrons. The average Bonchev–Trinajstić information content (AvgIpc) is 2.91. The quantitative estimate of drug-likeness (QED) is 0.358. The lowest BCUT2D eigenvalue weighted by atomic mass is 9.94. The van der Waals surface area contributed by atoms with Gasteiger partial charge in [0.25, 0.3) is 5.91 Å². The molecule has 37 heavy (non-hydrogen) atoms. The van der Waals surface area contributed by atoms with Crippen molar-refractivity contribution >= 4 is 23.4 Å². The van der Waals surface area contributed by atoms with Crippen molar-refractivity contribution in [2.24, 2.45) is 0 Å². The first-order valence-electron chi connectivity index (χ1n) is 12.7. The number of hydrogen-bond donors (Lipinski definition) is 1. The molecule has 1 aliphatic carbocycles. The summed E-state index contributed by atoms with van der Waals surface area (Å²) in [5.41, 5.74) is 1.76. The minimum absolute atomic E-state index is 0.109. The van der Waals surface area contributed by atoms with Crippen molar-refractivity contribution in [1.29, 1.82) is 0 Å². The van der Waals surface area contributed by atoms with E-state index in [-0.39, 0.29) is 36.8 Å². The maximum Gasteiger partial charge on any atom is 0.261 e. The molecule has 3 aromatic rings. The van der Waals surface area contributed by atoms with Crippen LogP contribution < -0.4 is 10.1 Å². The summed E-state index contributed by atoms with van der Waals surface area (Å²) >= 11 is 6.22. The van der Waals surface area contributed by atoms with E-state index >= 15 is 0 Å². The Labute approximate surface area is 222 Å². The molecule has 3 aromatic carbocycles. The molecule has 2 amide bonds. The number of carbonyl (C=O) groups excluding carboxylic acids is 2. The lowest BCUT2D eigenvalue weighted by Crippen LogP contribution is -2.53. The molecule has 1 unspecified atom stereocenters. The molecule has 0 aromatic heterocycles. The van der Waals surface area contributed by atoms with Crippen molar-refractivity contribution in [3.63, 3.8) is 0 Å². The zero-order valence-corrected chi connectivity index (χ0v) is 21.5. The molecule has 7 heteroatoms. The first kappa shape index (κ1) is 26.7. The van der Waals surface area contributed by atoms with Crippen LogP contribution in [0.25, 0.3) is 0 Å². The lowest BCUT2D eigenvalue weighted by Gasteiger charge is -2.33. The van der Waals surface area contributed by atoms with Gasteiger partial charge >= 0.3 is 0 Å². The van der Waals surface area contributed by atoms with Crippen molar-refractivity contribution in [2.45, 2.75) is 57.2 Å². The van der Waals surface area contributed by atoms with Gasteiger partial charge in [-0.15, -0.1) is 0 Å². The summed E-state index contributed by atoms with van der Waals surface area (Å²) in [6, 6.07) is 21.8. The van der Waals surface area contributed by atoms with Gasteiger partial charge in [-0.2, -0.15) is 0 Å². The third-order valence-electron chi connectivity index (χ3n) is 6.64. The smallest absolute Gasteiger partial charge is 0.261 e. The minimum atomic E-state index is -0.743. The number of rotatable bonds is 10. The van der Waals surface area contributed by atoms with E-state index in [0.29, 0.717) is 17.2 Å². The van der Waals surface area contributed by atoms with Crippen LogP contribution in [0.3, 0.4) is 0 Å². The summed E-state index contributed by atoms with van der Waals surface area (Å²) in [5, 5.41) is 3.76. The zero-order chi connectivity index (χ0) is 26.0. The third kappa shape index (κ3) is 8.05. The van der Waals surface area contributed by atoms with Gasteiger partial charge in [0.2, 0.25) is 5.91 Å². The second-order valence-electron chi connectivity index (χ2n) is 9.44. The van der Waals surface area contributed by atoms with Gasteiger partial charge in [0.15, 0.2) is 6.61 Å². The predicted molar refractivity (Wildman–Crippen MR) is 143 cm³/mol. The van der Waals surface area contributed by atoms with Crippen LogP contribution in [0.4, 0.5) is 4.39 Å². The highest BCUT2D eigenvalue weighted by atomic mass is 35.5. The molecular formula is C30H32ClFN2O3. The summed E-state index contributed by atoms with van der Waals surface area (Å²) in [7, 11) is 0. The lowest BCUT2D eigenvalue weighted by molar-refractivity contribution is -0.143. The molecule has 0 aliphatic heterocycles. The Bertz CT molecular complexity index is 1170. The predicted octanol–water partition coefficient (Wildman–Crippen LogP) is 5.95. The third-order valence-corrected chi connectivity index (χ3v) is 6.88. The van der Waals surface area contributed by atoms with Crippen LogP contribution in [-0.2, 0) is 22.6 Å². The average molecular weight is 523 g/mol. The highest BCUT2D eigenvalue weighted by Crippen LogP contribution is 2.21. The second-order valence-corrected chi connectivity index (χ2v) is 9.88. The first-order chi connectivity index (χ1) is 18.0. The van der Waals surface area contributed by atoms with Crippen molar-refractivity contribution in [2.75, 3.05) is 6.61 Å². The molecule has 0 bridgehead atoms. The maximum absolute atomic E-state index is 13.7. The van der Waals surface area contributed by atoms with Gasteiger partial charge < -0.3 is 15.0 Å². The second kappa shape index (κ2) is 13.2. The van der Waals surface area contributed by atoms with Crippen LogP contribution >= 0.6 is 11.6 Å². The fraction of sp³-hybridized carbons (Fsp3) is 0.333. The van der Waals surface area contributed by atoms with E-state index in [1.54, 1.807) is 17.0 Å². The van der Waals surface area contributed by atoms with Crippen LogP contribution in [0, 0.1) is 5.82 Å². The highest BCUT2D eigenvalue weighted by Gasteiger charge is 2.32. The SMILES string of the molecule is O=C(NC1CCCCC1)C(Cc1ccccc1)N(Cc1cccc(Cl)c1)C(=O)COc1ccc(F)cc1. The highest BCUT2D eigenvalue weighted by molar-refractivity contribution is 6.30. The number of hydrogen-bond acceptors (Lipinski definition) is 3. The van der Waals surface area contributed by atoms with E-state index in [2.05, 4.69) is 5.32 Å². The fourth-order valence-corrected chi connectivity index (χ4v) is 4.90. The van der Waals surface area contributed by atoms with E-state index in [4.69, 9.17) is 16.3 Å². The maximum atomic E-state index is 13.7. The van der Waals surface area contributed by atoms with Gasteiger partial charge in [-0.05, 0) is 60.4 Å². The standard InChI is InChI=1S/C30H32ClFN2O3/c31-24-11-7-10-23(18-24)20-34(29(35)21-37-27-16-14-25(32)15-17-27)28(19-22-8-3-1-4-9-22)30(36)33-26-12-5-2-6-13-26/h1,3-4,7-11,14-18,26,28H,2,5-6,12-13,19-21H2,(H,33,36). The molecule has 1 fully saturated rings. The fourth-order valence-electron chi connectivity index (χ4n) is 4.69. The van der Waals surface area contributed by atoms with Crippen LogP contribution in [0.5, 0.6) is 5.75 Å². The van der Waals surface area contributed by atoms with Crippen molar-refractivity contribution in [3.8, 4) is 5.75 Å². The van der Waals surface area contributed by atoms with Crippen LogP contribution in [-0.4, -0.2) is 35.4 Å². The summed E-state index contributed by atoms with van der Waals surface area (Å²) in [6.45, 7) is -0.0873. The molecule has 1 aliphatic rings. The molecule has 0 spiro atoms. The Balaban J connectivity index is 1.60. The normalized spacial score (nSPS) is 14.5. The molecule has 1 N–H and O–H groups in total. The van der Waals surface area contributed by atoms with E-state index in [1.807, 2.05) is 42.5 Å². The summed E-state index contributed by atoms with van der Waals surface area (Å²) < 4.78 is 19.0. The molecular weight excluding hydrogens is 491 g/mol. The first-order valence-corrected chi connectivity index (χ1v) is 13.1. The minimum Gasteiger partial charge on any atom is -0.484 e. The molecule has 5 nitrogen and oxygen atoms in total. The molecule has 1 saturated carbocycles. The monoisotopic (exact) mass is 522 g/mol. The molecule has 1 atom stereocenters. The van der Waals surface area contributed by atoms with Gasteiger partial charge in [-0.3, -0.25) is 9.59 Å². The van der Waals surface area contributed by atoms with E-state index in [9.17, 15) is 14.0 Å². The Morgan fingerprint density at radius 2 is 1.65 bits per heavy atom. The molecule has 4 rings (SSSR count). The Hall–Kier alpha value is -3.38. The Kier molecular flexibility index (Phi) is 9.55. The number of benzene rings is 3. The van der Waals surface area contributed by atoms with Gasteiger partial charge in [-0.25, -0.2) is 4.39 Å². The van der Waals surface area contributed by atoms with Crippen molar-refractivity contribution in [3.05, 3.63) is 101 Å². The molecule has 0 saturated heterocycles. The number of carbonyl (C=O) groups is 2. The number of amides is 2. The summed E-state index contributed by atoms with van der Waals surface area (Å²) in [4.78, 5) is 28.9. The van der Waals surface area contributed by atoms with Gasteiger partial charge in [0.1, 0.15) is 17.6 Å². The molecule has 194 valence electrons. The summed E-state index contributed by atoms with van der Waals surface area (Å²) in [6.07, 6.45) is 5.61. The van der Waals surface area contributed by atoms with Crippen molar-refractivity contribution < 1.29 is 18.7 Å². The van der Waals surface area contributed by atoms with Gasteiger partial charge in [-0.1, -0.05) is 73.3 Å². The molecule has 0 heterocycles. The summed E-state index contributed by atoms with van der Waals surface area (Å²) in [5.74, 6) is -0.524. The van der Waals surface area contributed by atoms with Gasteiger partial charge in [0, 0.05) is 24.0 Å². The number of nitrogens with one attached hydrogen (secondary N) is 1. The van der Waals surface area contributed by atoms with Crippen LogP contribution in [0.2, 0.25) is 5.02 Å². The van der Waals surface area contributed by atoms with E-state index in [1.165, 1.54) is 30.7 Å². The largest absolute Gasteiger partial charge is 0.484 e. The van der Waals surface area contributed by atoms with Crippen LogP contribution in [0.15, 0.2) is 78.9 Å². The topological polar surface area (TPSA) is 58.6 Å². The van der Waals surface area contributed by atoms with Crippen LogP contribution in [0.1, 0.15) is 43.2 Å². The zero-order valence-electron chi connectivity index (χ0n) is 20.7. The van der Waals surface area contributed by atoms with Crippen molar-refractivity contribution in [1.82, 2.24) is 10.2 Å². The number of ether oxygens (including phenoxy) is 1. The van der Waals surface area contributed by atoms with E-state index in [0.717, 1.165) is 36.8 Å². The Morgan fingerprint density at radius 3 is 2.35 bits per heavy atom. The van der Waals surface area contributed by atoms with E-state index < -0.39 is 6.04 Å². The number of nitrogens with zero attached hydrogens (tertiary/aromatic N) is 1.